The van der Waals surface area contributed by atoms with Crippen molar-refractivity contribution in [1.29, 1.82) is 0 Å². The van der Waals surface area contributed by atoms with Gasteiger partial charge in [0.1, 0.15) is 6.04 Å². The maximum atomic E-state index is 13.4. The standard InChI is InChI=1S/C41H49N3O4/c1-4-6-8-9-15-27-42-41(47)44(3)35-20-16-19-34(30-35)32-25-23-31(24-26-32)29-38(40(46)48-28-7-5-2)43-37-22-14-13-21-36(37)39(45)33-17-11-10-12-18-33/h10-14,16-26,30,38,43H,4-9,15,27-29H2,1-3H3,(H,42,47)/t38-/m0/s1. The molecular formula is C41H49N3O4. The van der Waals surface area contributed by atoms with E-state index in [1.807, 2.05) is 84.9 Å². The van der Waals surface area contributed by atoms with E-state index in [-0.39, 0.29) is 17.8 Å². The fourth-order valence-corrected chi connectivity index (χ4v) is 5.47. The van der Waals surface area contributed by atoms with Crippen LogP contribution in [0.15, 0.2) is 103 Å². The number of carbonyl (C=O) groups excluding carboxylic acids is 3. The number of urea groups is 1. The number of nitrogens with zero attached hydrogens (tertiary/aromatic N) is 1. The number of anilines is 2. The van der Waals surface area contributed by atoms with Crippen molar-refractivity contribution in [3.8, 4) is 11.1 Å². The smallest absolute Gasteiger partial charge is 0.328 e. The van der Waals surface area contributed by atoms with Crippen molar-refractivity contribution in [2.45, 2.75) is 71.3 Å². The monoisotopic (exact) mass is 647 g/mol. The number of ether oxygens (including phenoxy) is 1. The highest BCUT2D eigenvalue weighted by Gasteiger charge is 2.23. The number of para-hydroxylation sites is 1. The number of unbranched alkanes of at least 4 members (excludes halogenated alkanes) is 5. The molecule has 1 atom stereocenters. The molecule has 7 heteroatoms. The molecule has 0 aliphatic rings. The van der Waals surface area contributed by atoms with Crippen LogP contribution in [0.4, 0.5) is 16.2 Å². The van der Waals surface area contributed by atoms with Gasteiger partial charge in [-0.3, -0.25) is 9.69 Å². The second-order valence-corrected chi connectivity index (χ2v) is 12.1. The molecule has 4 aromatic rings. The quantitative estimate of drug-likeness (QED) is 0.0639. The minimum absolute atomic E-state index is 0.116. The third-order valence-electron chi connectivity index (χ3n) is 8.39. The number of carbonyl (C=O) groups is 3. The summed E-state index contributed by atoms with van der Waals surface area (Å²) in [4.78, 5) is 41.1. The van der Waals surface area contributed by atoms with Crippen LogP contribution in [0.1, 0.15) is 80.3 Å². The van der Waals surface area contributed by atoms with E-state index in [2.05, 4.69) is 24.5 Å². The summed E-state index contributed by atoms with van der Waals surface area (Å²) < 4.78 is 5.64. The Morgan fingerprint density at radius 2 is 1.44 bits per heavy atom. The first-order chi connectivity index (χ1) is 23.4. The Labute approximate surface area is 285 Å². The van der Waals surface area contributed by atoms with Crippen LogP contribution in [-0.4, -0.2) is 44.0 Å². The summed E-state index contributed by atoms with van der Waals surface area (Å²) in [5, 5.41) is 6.37. The third kappa shape index (κ3) is 10.6. The van der Waals surface area contributed by atoms with Crippen molar-refractivity contribution in [2.75, 3.05) is 30.4 Å². The van der Waals surface area contributed by atoms with Crippen LogP contribution in [0, 0.1) is 0 Å². The summed E-state index contributed by atoms with van der Waals surface area (Å²) in [5.41, 5.74) is 5.40. The largest absolute Gasteiger partial charge is 0.464 e. The van der Waals surface area contributed by atoms with Crippen LogP contribution in [0.25, 0.3) is 11.1 Å². The Bertz CT molecular complexity index is 1600. The van der Waals surface area contributed by atoms with Gasteiger partial charge in [0.15, 0.2) is 5.78 Å². The van der Waals surface area contributed by atoms with Crippen LogP contribution >= 0.6 is 0 Å². The lowest BCUT2D eigenvalue weighted by atomic mass is 9.98. The molecule has 2 amide bonds. The number of benzene rings is 4. The highest BCUT2D eigenvalue weighted by atomic mass is 16.5. The Morgan fingerprint density at radius 3 is 2.19 bits per heavy atom. The minimum Gasteiger partial charge on any atom is -0.464 e. The van der Waals surface area contributed by atoms with Crippen molar-refractivity contribution in [3.63, 3.8) is 0 Å². The number of rotatable bonds is 18. The lowest BCUT2D eigenvalue weighted by molar-refractivity contribution is -0.144. The molecule has 252 valence electrons. The molecule has 0 unspecified atom stereocenters. The lowest BCUT2D eigenvalue weighted by Crippen LogP contribution is -2.37. The fraction of sp³-hybridized carbons (Fsp3) is 0.341. The molecule has 4 rings (SSSR count). The van der Waals surface area contributed by atoms with E-state index in [4.69, 9.17) is 4.74 Å². The van der Waals surface area contributed by atoms with Gasteiger partial charge in [-0.15, -0.1) is 0 Å². The zero-order chi connectivity index (χ0) is 34.1. The van der Waals surface area contributed by atoms with E-state index >= 15 is 0 Å². The normalized spacial score (nSPS) is 11.4. The van der Waals surface area contributed by atoms with Gasteiger partial charge >= 0.3 is 12.0 Å². The summed E-state index contributed by atoms with van der Waals surface area (Å²) in [6.45, 7) is 5.26. The van der Waals surface area contributed by atoms with Crippen LogP contribution < -0.4 is 15.5 Å². The van der Waals surface area contributed by atoms with Gasteiger partial charge in [-0.05, 0) is 53.8 Å². The van der Waals surface area contributed by atoms with E-state index in [0.29, 0.717) is 36.4 Å². The van der Waals surface area contributed by atoms with Crippen molar-refractivity contribution in [3.05, 3.63) is 120 Å². The molecule has 0 spiro atoms. The first kappa shape index (κ1) is 35.9. The SMILES string of the molecule is CCCCCCCNC(=O)N(C)c1cccc(-c2ccc(C[C@H](Nc3ccccc3C(=O)c3ccccc3)C(=O)OCCCC)cc2)c1. The molecule has 0 fully saturated rings. The molecule has 0 bridgehead atoms. The summed E-state index contributed by atoms with van der Waals surface area (Å²) in [7, 11) is 1.78. The average molecular weight is 648 g/mol. The molecule has 0 radical (unpaired) electrons. The topological polar surface area (TPSA) is 87.7 Å². The zero-order valence-electron chi connectivity index (χ0n) is 28.5. The van der Waals surface area contributed by atoms with E-state index in [0.717, 1.165) is 48.1 Å². The van der Waals surface area contributed by atoms with Gasteiger partial charge in [-0.25, -0.2) is 9.59 Å². The maximum Gasteiger partial charge on any atom is 0.328 e. The number of hydrogen-bond acceptors (Lipinski definition) is 5. The van der Waals surface area contributed by atoms with E-state index < -0.39 is 6.04 Å². The molecular weight excluding hydrogens is 598 g/mol. The van der Waals surface area contributed by atoms with Crippen molar-refractivity contribution < 1.29 is 19.1 Å². The van der Waals surface area contributed by atoms with Crippen LogP contribution in [0.2, 0.25) is 0 Å². The Kier molecular flexibility index (Phi) is 14.3. The van der Waals surface area contributed by atoms with E-state index in [1.165, 1.54) is 19.3 Å². The first-order valence-corrected chi connectivity index (χ1v) is 17.2. The molecule has 0 aliphatic heterocycles. The van der Waals surface area contributed by atoms with E-state index in [1.54, 1.807) is 30.1 Å². The summed E-state index contributed by atoms with van der Waals surface area (Å²) in [5.74, 6) is -0.474. The molecule has 2 N–H and O–H groups in total. The molecule has 7 nitrogen and oxygen atoms in total. The number of nitrogens with one attached hydrogen (secondary N) is 2. The van der Waals surface area contributed by atoms with Gasteiger partial charge in [-0.1, -0.05) is 125 Å². The summed E-state index contributed by atoms with van der Waals surface area (Å²) in [6.07, 6.45) is 7.82. The first-order valence-electron chi connectivity index (χ1n) is 17.2. The summed E-state index contributed by atoms with van der Waals surface area (Å²) in [6, 6.07) is 31.6. The van der Waals surface area contributed by atoms with Crippen molar-refractivity contribution in [2.24, 2.45) is 0 Å². The Morgan fingerprint density at radius 1 is 0.729 bits per heavy atom. The zero-order valence-corrected chi connectivity index (χ0v) is 28.5. The van der Waals surface area contributed by atoms with Gasteiger partial charge in [0.25, 0.3) is 0 Å². The van der Waals surface area contributed by atoms with Gasteiger partial charge < -0.3 is 15.4 Å². The third-order valence-corrected chi connectivity index (χ3v) is 8.39. The summed E-state index contributed by atoms with van der Waals surface area (Å²) >= 11 is 0. The van der Waals surface area contributed by atoms with Gasteiger partial charge in [0.05, 0.1) is 6.61 Å². The van der Waals surface area contributed by atoms with Gasteiger partial charge in [0.2, 0.25) is 0 Å². The molecule has 0 saturated carbocycles. The number of hydrogen-bond donors (Lipinski definition) is 2. The molecule has 0 aromatic heterocycles. The molecule has 0 saturated heterocycles. The van der Waals surface area contributed by atoms with Crippen LogP contribution in [0.5, 0.6) is 0 Å². The molecule has 0 heterocycles. The highest BCUT2D eigenvalue weighted by molar-refractivity contribution is 6.12. The van der Waals surface area contributed by atoms with E-state index in [9.17, 15) is 14.4 Å². The lowest BCUT2D eigenvalue weighted by Gasteiger charge is -2.21. The second kappa shape index (κ2) is 19.0. The molecule has 0 aliphatic carbocycles. The predicted molar refractivity (Wildman–Crippen MR) is 196 cm³/mol. The fourth-order valence-electron chi connectivity index (χ4n) is 5.47. The highest BCUT2D eigenvalue weighted by Crippen LogP contribution is 2.26. The van der Waals surface area contributed by atoms with Crippen LogP contribution in [0.3, 0.4) is 0 Å². The van der Waals surface area contributed by atoms with Crippen molar-refractivity contribution in [1.82, 2.24) is 5.32 Å². The molecule has 4 aromatic carbocycles. The predicted octanol–water partition coefficient (Wildman–Crippen LogP) is 9.07. The molecule has 48 heavy (non-hydrogen) atoms. The van der Waals surface area contributed by atoms with Crippen molar-refractivity contribution >= 4 is 29.2 Å². The Hall–Kier alpha value is -4.91. The maximum absolute atomic E-state index is 13.4. The minimum atomic E-state index is -0.695. The van der Waals surface area contributed by atoms with Gasteiger partial charge in [0, 0.05) is 42.5 Å². The number of ketones is 1. The number of esters is 1. The number of amides is 2. The van der Waals surface area contributed by atoms with Crippen LogP contribution in [-0.2, 0) is 16.0 Å². The Balaban J connectivity index is 1.46. The second-order valence-electron chi connectivity index (χ2n) is 12.1. The average Bonchev–Trinajstić information content (AvgIpc) is 3.13. The van der Waals surface area contributed by atoms with Gasteiger partial charge in [-0.2, -0.15) is 0 Å².